The predicted molar refractivity (Wildman–Crippen MR) is 44.1 cm³/mol. The summed E-state index contributed by atoms with van der Waals surface area (Å²) < 4.78 is 36.0. The van der Waals surface area contributed by atoms with Crippen LogP contribution in [0.2, 0.25) is 0 Å². The molecule has 1 rings (SSSR count). The highest BCUT2D eigenvalue weighted by Gasteiger charge is 2.29. The molecule has 1 aliphatic rings. The van der Waals surface area contributed by atoms with Gasteiger partial charge in [-0.3, -0.25) is 4.79 Å². The van der Waals surface area contributed by atoms with Gasteiger partial charge in [0.2, 0.25) is 5.91 Å². The molecule has 2 nitrogen and oxygen atoms in total. The van der Waals surface area contributed by atoms with Crippen molar-refractivity contribution >= 4 is 12.9 Å². The van der Waals surface area contributed by atoms with Crippen LogP contribution in [0.1, 0.15) is 25.7 Å². The summed E-state index contributed by atoms with van der Waals surface area (Å²) in [4.78, 5) is 12.1. The highest BCUT2D eigenvalue weighted by Crippen LogP contribution is 2.16. The van der Waals surface area contributed by atoms with E-state index in [9.17, 15) is 17.7 Å². The molecule has 0 radical (unpaired) electrons. The van der Waals surface area contributed by atoms with Crippen molar-refractivity contribution in [3.63, 3.8) is 0 Å². The van der Waals surface area contributed by atoms with Gasteiger partial charge in [-0.2, -0.15) is 0 Å². The molecule has 0 atom stereocenters. The standard InChI is InChI=1S/C7H12BF3NO/c9-8(10,11)6-12-5-3-1-2-4-7(12)13/h1-6H2/q-1. The summed E-state index contributed by atoms with van der Waals surface area (Å²) in [6.07, 6.45) is 1.51. The summed E-state index contributed by atoms with van der Waals surface area (Å²) in [6, 6.07) is 0. The Balaban J connectivity index is 2.50. The van der Waals surface area contributed by atoms with Crippen LogP contribution in [0.15, 0.2) is 0 Å². The van der Waals surface area contributed by atoms with Gasteiger partial charge in [0.1, 0.15) is 0 Å². The summed E-state index contributed by atoms with van der Waals surface area (Å²) in [5.74, 6) is -0.350. The van der Waals surface area contributed by atoms with Gasteiger partial charge in [-0.1, -0.05) is 6.42 Å². The van der Waals surface area contributed by atoms with Crippen LogP contribution in [0.25, 0.3) is 0 Å². The zero-order valence-electron chi connectivity index (χ0n) is 7.31. The van der Waals surface area contributed by atoms with Crippen LogP contribution >= 0.6 is 0 Å². The number of likely N-dealkylation sites (tertiary alicyclic amines) is 1. The maximum Gasteiger partial charge on any atom is 0.497 e. The van der Waals surface area contributed by atoms with E-state index in [1.807, 2.05) is 0 Å². The largest absolute Gasteiger partial charge is 0.497 e. The highest BCUT2D eigenvalue weighted by molar-refractivity contribution is 6.58. The molecule has 13 heavy (non-hydrogen) atoms. The van der Waals surface area contributed by atoms with Crippen LogP contribution in [0, 0.1) is 0 Å². The number of carbonyl (C=O) groups excluding carboxylic acids is 1. The van der Waals surface area contributed by atoms with Crippen LogP contribution in [0.5, 0.6) is 0 Å². The fourth-order valence-corrected chi connectivity index (χ4v) is 1.48. The normalized spacial score (nSPS) is 20.2. The third-order valence-corrected chi connectivity index (χ3v) is 2.10. The van der Waals surface area contributed by atoms with Crippen molar-refractivity contribution in [3.8, 4) is 0 Å². The van der Waals surface area contributed by atoms with Crippen molar-refractivity contribution in [1.29, 1.82) is 0 Å². The number of halogens is 3. The Morgan fingerprint density at radius 2 is 1.92 bits per heavy atom. The first-order valence-electron chi connectivity index (χ1n) is 4.48. The lowest BCUT2D eigenvalue weighted by atomic mass is 9.91. The Morgan fingerprint density at radius 3 is 2.54 bits per heavy atom. The van der Waals surface area contributed by atoms with E-state index in [-0.39, 0.29) is 18.9 Å². The number of carbonyl (C=O) groups is 1. The van der Waals surface area contributed by atoms with Crippen molar-refractivity contribution in [2.75, 3.05) is 13.0 Å². The first-order valence-corrected chi connectivity index (χ1v) is 4.48. The summed E-state index contributed by atoms with van der Waals surface area (Å²) in [5, 5.41) is 0. The molecule has 1 saturated heterocycles. The van der Waals surface area contributed by atoms with Crippen LogP contribution in [0.4, 0.5) is 12.9 Å². The lowest BCUT2D eigenvalue weighted by Crippen LogP contribution is -2.41. The quantitative estimate of drug-likeness (QED) is 0.613. The van der Waals surface area contributed by atoms with Crippen LogP contribution < -0.4 is 0 Å². The molecule has 0 aliphatic carbocycles. The molecular formula is C7H12BF3NO-. The molecule has 1 aliphatic heterocycles. The highest BCUT2D eigenvalue weighted by atomic mass is 19.4. The summed E-state index contributed by atoms with van der Waals surface area (Å²) in [7, 11) is 0. The number of nitrogens with zero attached hydrogens (tertiary/aromatic N) is 1. The van der Waals surface area contributed by atoms with Gasteiger partial charge >= 0.3 is 6.98 Å². The van der Waals surface area contributed by atoms with Crippen molar-refractivity contribution in [1.82, 2.24) is 4.90 Å². The van der Waals surface area contributed by atoms with Gasteiger partial charge < -0.3 is 17.8 Å². The molecule has 0 bridgehead atoms. The zero-order valence-corrected chi connectivity index (χ0v) is 7.31. The Hall–Kier alpha value is -0.675. The molecule has 0 aromatic rings. The second kappa shape index (κ2) is 4.02. The predicted octanol–water partition coefficient (Wildman–Crippen LogP) is 1.78. The van der Waals surface area contributed by atoms with Gasteiger partial charge in [-0.25, -0.2) is 0 Å². The summed E-state index contributed by atoms with van der Waals surface area (Å²) in [6.45, 7) is -4.60. The molecule has 0 aromatic heterocycles. The zero-order chi connectivity index (χ0) is 9.90. The van der Waals surface area contributed by atoms with E-state index >= 15 is 0 Å². The molecule has 1 amide bonds. The molecule has 0 aromatic carbocycles. The van der Waals surface area contributed by atoms with E-state index in [0.717, 1.165) is 17.7 Å². The molecule has 1 fully saturated rings. The molecule has 0 spiro atoms. The van der Waals surface area contributed by atoms with Gasteiger partial charge in [0.25, 0.3) is 0 Å². The molecule has 6 heteroatoms. The Labute approximate surface area is 75.1 Å². The van der Waals surface area contributed by atoms with Crippen molar-refractivity contribution in [2.24, 2.45) is 0 Å². The summed E-state index contributed by atoms with van der Waals surface area (Å²) >= 11 is 0. The lowest BCUT2D eigenvalue weighted by Gasteiger charge is -2.26. The number of hydrogen-bond donors (Lipinski definition) is 0. The number of rotatable bonds is 2. The monoisotopic (exact) mass is 194 g/mol. The van der Waals surface area contributed by atoms with E-state index in [1.54, 1.807) is 0 Å². The second-order valence-corrected chi connectivity index (χ2v) is 3.36. The minimum absolute atomic E-state index is 0.264. The molecule has 0 saturated carbocycles. The number of amides is 1. The van der Waals surface area contributed by atoms with Gasteiger partial charge in [-0.15, -0.1) is 0 Å². The average molecular weight is 194 g/mol. The lowest BCUT2D eigenvalue weighted by molar-refractivity contribution is -0.130. The van der Waals surface area contributed by atoms with E-state index in [0.29, 0.717) is 6.42 Å². The van der Waals surface area contributed by atoms with E-state index in [1.165, 1.54) is 0 Å². The molecule has 76 valence electrons. The van der Waals surface area contributed by atoms with Crippen LogP contribution in [-0.4, -0.2) is 30.8 Å². The van der Waals surface area contributed by atoms with E-state index in [2.05, 4.69) is 0 Å². The first kappa shape index (κ1) is 10.4. The van der Waals surface area contributed by atoms with Gasteiger partial charge in [-0.05, 0) is 19.3 Å². The molecular weight excluding hydrogens is 182 g/mol. The van der Waals surface area contributed by atoms with Crippen LogP contribution in [-0.2, 0) is 4.79 Å². The van der Waals surface area contributed by atoms with Gasteiger partial charge in [0, 0.05) is 13.0 Å². The minimum Gasteiger partial charge on any atom is -0.448 e. The third-order valence-electron chi connectivity index (χ3n) is 2.10. The average Bonchev–Trinajstić information content (AvgIpc) is 2.14. The van der Waals surface area contributed by atoms with Crippen LogP contribution in [0.3, 0.4) is 0 Å². The summed E-state index contributed by atoms with van der Waals surface area (Å²) in [5.41, 5.74) is 0. The van der Waals surface area contributed by atoms with Gasteiger partial charge in [0.15, 0.2) is 0 Å². The number of hydrogen-bond acceptors (Lipinski definition) is 1. The fourth-order valence-electron chi connectivity index (χ4n) is 1.48. The van der Waals surface area contributed by atoms with Crippen molar-refractivity contribution in [3.05, 3.63) is 0 Å². The topological polar surface area (TPSA) is 20.3 Å². The maximum absolute atomic E-state index is 12.0. The first-order chi connectivity index (χ1) is 5.99. The second-order valence-electron chi connectivity index (χ2n) is 3.36. The van der Waals surface area contributed by atoms with Crippen molar-refractivity contribution in [2.45, 2.75) is 25.7 Å². The Kier molecular flexibility index (Phi) is 3.22. The smallest absolute Gasteiger partial charge is 0.448 e. The molecule has 0 N–H and O–H groups in total. The Bertz CT molecular complexity index is 195. The SMILES string of the molecule is O=C1CCCCCN1C[B-](F)(F)F. The minimum atomic E-state index is -4.87. The fraction of sp³-hybridized carbons (Fsp3) is 0.857. The molecule has 1 heterocycles. The third kappa shape index (κ3) is 3.70. The van der Waals surface area contributed by atoms with E-state index < -0.39 is 13.4 Å². The molecule has 0 unspecified atom stereocenters. The maximum atomic E-state index is 12.0. The van der Waals surface area contributed by atoms with Gasteiger partial charge in [0.05, 0.1) is 0 Å². The van der Waals surface area contributed by atoms with Crippen molar-refractivity contribution < 1.29 is 17.7 Å². The Morgan fingerprint density at radius 1 is 1.23 bits per heavy atom. The van der Waals surface area contributed by atoms with E-state index in [4.69, 9.17) is 0 Å².